The van der Waals surface area contributed by atoms with Crippen LogP contribution in [-0.4, -0.2) is 31.6 Å². The third kappa shape index (κ3) is 3.40. The molecule has 0 amide bonds. The van der Waals surface area contributed by atoms with Gasteiger partial charge in [0, 0.05) is 26.2 Å². The first-order valence-corrected chi connectivity index (χ1v) is 7.68. The van der Waals surface area contributed by atoms with Crippen molar-refractivity contribution in [3.8, 4) is 0 Å². The van der Waals surface area contributed by atoms with Crippen LogP contribution < -0.4 is 5.73 Å². The van der Waals surface area contributed by atoms with Crippen molar-refractivity contribution in [2.75, 3.05) is 26.7 Å². The quantitative estimate of drug-likeness (QED) is 0.898. The van der Waals surface area contributed by atoms with Gasteiger partial charge in [-0.2, -0.15) is 0 Å². The summed E-state index contributed by atoms with van der Waals surface area (Å²) in [5.74, 6) is 1.56. The van der Waals surface area contributed by atoms with Crippen molar-refractivity contribution in [2.24, 2.45) is 17.6 Å². The molecule has 3 unspecified atom stereocenters. The van der Waals surface area contributed by atoms with E-state index in [4.69, 9.17) is 10.5 Å². The van der Waals surface area contributed by atoms with Gasteiger partial charge in [0.05, 0.1) is 6.61 Å². The highest BCUT2D eigenvalue weighted by Crippen LogP contribution is 2.30. The third-order valence-electron chi connectivity index (χ3n) is 4.74. The zero-order valence-corrected chi connectivity index (χ0v) is 13.0. The number of hydrogen-bond acceptors (Lipinski definition) is 3. The molecule has 1 aromatic rings. The fourth-order valence-corrected chi connectivity index (χ4v) is 3.20. The van der Waals surface area contributed by atoms with Crippen LogP contribution in [0.15, 0.2) is 24.3 Å². The van der Waals surface area contributed by atoms with Gasteiger partial charge in [0.15, 0.2) is 0 Å². The Balaban J connectivity index is 2.19. The summed E-state index contributed by atoms with van der Waals surface area (Å²) >= 11 is 0. The molecule has 1 aliphatic heterocycles. The van der Waals surface area contributed by atoms with Crippen molar-refractivity contribution in [3.05, 3.63) is 35.4 Å². The van der Waals surface area contributed by atoms with Crippen molar-refractivity contribution in [1.29, 1.82) is 0 Å². The second-order valence-electron chi connectivity index (χ2n) is 6.12. The maximum atomic E-state index is 6.10. The zero-order valence-electron chi connectivity index (χ0n) is 13.0. The number of methoxy groups -OCH3 is 1. The molecule has 0 spiro atoms. The number of nitrogens with two attached hydrogens (primary N) is 1. The minimum atomic E-state index is 0.316. The fourth-order valence-electron chi connectivity index (χ4n) is 3.20. The Morgan fingerprint density at radius 1 is 1.30 bits per heavy atom. The van der Waals surface area contributed by atoms with Crippen LogP contribution in [0.1, 0.15) is 37.4 Å². The standard InChI is InChI=1S/C17H28N2O/c1-13-8-9-19(11-14(13)2)17(10-18)16-7-5-4-6-15(16)12-20-3/h4-7,13-14,17H,8-12,18H2,1-3H3. The fraction of sp³-hybridized carbons (Fsp3) is 0.647. The highest BCUT2D eigenvalue weighted by Gasteiger charge is 2.28. The van der Waals surface area contributed by atoms with E-state index in [1.165, 1.54) is 17.5 Å². The van der Waals surface area contributed by atoms with Gasteiger partial charge < -0.3 is 10.5 Å². The highest BCUT2D eigenvalue weighted by molar-refractivity contribution is 5.30. The molecule has 0 radical (unpaired) electrons. The Kier molecular flexibility index (Phi) is 5.58. The molecule has 0 aromatic heterocycles. The van der Waals surface area contributed by atoms with Crippen molar-refractivity contribution in [2.45, 2.75) is 32.9 Å². The molecule has 1 aromatic carbocycles. The number of rotatable bonds is 5. The van der Waals surface area contributed by atoms with E-state index in [0.717, 1.165) is 24.9 Å². The van der Waals surface area contributed by atoms with Gasteiger partial charge in [-0.3, -0.25) is 4.90 Å². The van der Waals surface area contributed by atoms with Crippen LogP contribution in [0.2, 0.25) is 0 Å². The van der Waals surface area contributed by atoms with E-state index in [1.807, 2.05) is 0 Å². The number of likely N-dealkylation sites (tertiary alicyclic amines) is 1. The van der Waals surface area contributed by atoms with Gasteiger partial charge in [-0.15, -0.1) is 0 Å². The largest absolute Gasteiger partial charge is 0.380 e. The number of ether oxygens (including phenoxy) is 1. The molecule has 0 aliphatic carbocycles. The second kappa shape index (κ2) is 7.21. The summed E-state index contributed by atoms with van der Waals surface area (Å²) in [6, 6.07) is 8.85. The minimum absolute atomic E-state index is 0.316. The highest BCUT2D eigenvalue weighted by atomic mass is 16.5. The predicted octanol–water partition coefficient (Wildman–Crippen LogP) is 2.81. The molecule has 2 N–H and O–H groups in total. The first kappa shape index (κ1) is 15.5. The van der Waals surface area contributed by atoms with E-state index in [9.17, 15) is 0 Å². The second-order valence-corrected chi connectivity index (χ2v) is 6.12. The van der Waals surface area contributed by atoms with E-state index in [1.54, 1.807) is 7.11 Å². The summed E-state index contributed by atoms with van der Waals surface area (Å²) < 4.78 is 5.33. The topological polar surface area (TPSA) is 38.5 Å². The lowest BCUT2D eigenvalue weighted by molar-refractivity contribution is 0.0965. The molecular weight excluding hydrogens is 248 g/mol. The summed E-state index contributed by atoms with van der Waals surface area (Å²) in [5, 5.41) is 0. The van der Waals surface area contributed by atoms with Crippen molar-refractivity contribution in [3.63, 3.8) is 0 Å². The van der Waals surface area contributed by atoms with Gasteiger partial charge in [-0.25, -0.2) is 0 Å². The number of hydrogen-bond donors (Lipinski definition) is 1. The molecule has 112 valence electrons. The van der Waals surface area contributed by atoms with Gasteiger partial charge >= 0.3 is 0 Å². The van der Waals surface area contributed by atoms with E-state index in [0.29, 0.717) is 19.2 Å². The van der Waals surface area contributed by atoms with Crippen LogP contribution in [-0.2, 0) is 11.3 Å². The summed E-state index contributed by atoms with van der Waals surface area (Å²) in [5.41, 5.74) is 8.69. The Labute approximate surface area is 123 Å². The lowest BCUT2D eigenvalue weighted by atomic mass is 9.86. The molecule has 1 heterocycles. The molecule has 3 heteroatoms. The Morgan fingerprint density at radius 3 is 2.70 bits per heavy atom. The maximum Gasteiger partial charge on any atom is 0.0716 e. The summed E-state index contributed by atoms with van der Waals surface area (Å²) in [7, 11) is 1.75. The predicted molar refractivity (Wildman–Crippen MR) is 83.5 cm³/mol. The van der Waals surface area contributed by atoms with E-state index < -0.39 is 0 Å². The van der Waals surface area contributed by atoms with Gasteiger partial charge in [0.25, 0.3) is 0 Å². The van der Waals surface area contributed by atoms with Crippen LogP contribution in [0.5, 0.6) is 0 Å². The lowest BCUT2D eigenvalue weighted by Gasteiger charge is -2.40. The maximum absolute atomic E-state index is 6.10. The Morgan fingerprint density at radius 2 is 2.05 bits per heavy atom. The third-order valence-corrected chi connectivity index (χ3v) is 4.74. The normalized spacial score (nSPS) is 25.6. The van der Waals surface area contributed by atoms with E-state index in [2.05, 4.69) is 43.0 Å². The molecule has 3 atom stereocenters. The van der Waals surface area contributed by atoms with Gasteiger partial charge in [-0.1, -0.05) is 38.1 Å². The molecule has 20 heavy (non-hydrogen) atoms. The van der Waals surface area contributed by atoms with Gasteiger partial charge in [-0.05, 0) is 35.9 Å². The van der Waals surface area contributed by atoms with Crippen LogP contribution >= 0.6 is 0 Å². The molecule has 1 aliphatic rings. The summed E-state index contributed by atoms with van der Waals surface area (Å²) in [4.78, 5) is 2.55. The molecule has 0 bridgehead atoms. The van der Waals surface area contributed by atoms with Crippen LogP contribution in [0.4, 0.5) is 0 Å². The molecule has 0 saturated carbocycles. The Bertz CT molecular complexity index is 421. The minimum Gasteiger partial charge on any atom is -0.380 e. The van der Waals surface area contributed by atoms with Gasteiger partial charge in [0.2, 0.25) is 0 Å². The van der Waals surface area contributed by atoms with Crippen molar-refractivity contribution < 1.29 is 4.74 Å². The SMILES string of the molecule is COCc1ccccc1C(CN)N1CCC(C)C(C)C1. The smallest absolute Gasteiger partial charge is 0.0716 e. The van der Waals surface area contributed by atoms with E-state index >= 15 is 0 Å². The Hall–Kier alpha value is -0.900. The molecule has 1 fully saturated rings. The molecule has 1 saturated heterocycles. The zero-order chi connectivity index (χ0) is 14.5. The lowest BCUT2D eigenvalue weighted by Crippen LogP contribution is -2.43. The average Bonchev–Trinajstić information content (AvgIpc) is 2.45. The molecule has 3 nitrogen and oxygen atoms in total. The van der Waals surface area contributed by atoms with Crippen molar-refractivity contribution in [1.82, 2.24) is 4.90 Å². The van der Waals surface area contributed by atoms with Crippen LogP contribution in [0, 0.1) is 11.8 Å². The summed E-state index contributed by atoms with van der Waals surface area (Å²) in [6.45, 7) is 8.33. The van der Waals surface area contributed by atoms with E-state index in [-0.39, 0.29) is 0 Å². The average molecular weight is 276 g/mol. The van der Waals surface area contributed by atoms with Gasteiger partial charge in [0.1, 0.15) is 0 Å². The number of piperidine rings is 1. The monoisotopic (exact) mass is 276 g/mol. The van der Waals surface area contributed by atoms with Crippen LogP contribution in [0.25, 0.3) is 0 Å². The number of benzene rings is 1. The summed E-state index contributed by atoms with van der Waals surface area (Å²) in [6.07, 6.45) is 1.27. The number of nitrogens with zero attached hydrogens (tertiary/aromatic N) is 1. The van der Waals surface area contributed by atoms with Crippen molar-refractivity contribution >= 4 is 0 Å². The van der Waals surface area contributed by atoms with Crippen LogP contribution in [0.3, 0.4) is 0 Å². The first-order chi connectivity index (χ1) is 9.67. The molecular formula is C17H28N2O. The molecule has 2 rings (SSSR count). The first-order valence-electron chi connectivity index (χ1n) is 7.68.